The van der Waals surface area contributed by atoms with Gasteiger partial charge >= 0.3 is 0 Å². The number of hydrogen-bond acceptors (Lipinski definition) is 2. The Morgan fingerprint density at radius 2 is 2.21 bits per heavy atom. The second kappa shape index (κ2) is 3.83. The molecule has 1 heterocycles. The highest BCUT2D eigenvalue weighted by Gasteiger charge is 2.39. The monoisotopic (exact) mass is 202 g/mol. The predicted molar refractivity (Wildman–Crippen MR) is 51.9 cm³/mol. The van der Waals surface area contributed by atoms with Gasteiger partial charge in [0.15, 0.2) is 0 Å². The van der Waals surface area contributed by atoms with Crippen molar-refractivity contribution in [2.24, 2.45) is 4.99 Å². The summed E-state index contributed by atoms with van der Waals surface area (Å²) in [7, 11) is 0. The van der Waals surface area contributed by atoms with Crippen LogP contribution in [-0.2, 0) is 0 Å². The zero-order valence-electron chi connectivity index (χ0n) is 8.23. The van der Waals surface area contributed by atoms with Crippen LogP contribution in [-0.4, -0.2) is 24.3 Å². The van der Waals surface area contributed by atoms with Crippen LogP contribution in [0.25, 0.3) is 0 Å². The first-order valence-electron chi connectivity index (χ1n) is 5.33. The van der Waals surface area contributed by atoms with Gasteiger partial charge in [-0.05, 0) is 19.3 Å². The summed E-state index contributed by atoms with van der Waals surface area (Å²) in [4.78, 5) is 4.30. The summed E-state index contributed by atoms with van der Waals surface area (Å²) >= 11 is 0. The van der Waals surface area contributed by atoms with E-state index in [1.165, 1.54) is 0 Å². The maximum absolute atomic E-state index is 12.9. The minimum atomic E-state index is -2.45. The molecule has 1 fully saturated rings. The third kappa shape index (κ3) is 2.42. The number of nitrogens with zero attached hydrogens (tertiary/aromatic N) is 1. The number of alkyl halides is 2. The van der Waals surface area contributed by atoms with Crippen molar-refractivity contribution in [2.75, 3.05) is 6.54 Å². The van der Waals surface area contributed by atoms with Crippen molar-refractivity contribution in [3.63, 3.8) is 0 Å². The lowest BCUT2D eigenvalue weighted by molar-refractivity contribution is 0.00747. The summed E-state index contributed by atoms with van der Waals surface area (Å²) in [5, 5.41) is 3.14. The SMILES string of the molecule is FC1(F)CCC(NC2=NCCCC2)C1. The van der Waals surface area contributed by atoms with Crippen LogP contribution >= 0.6 is 0 Å². The summed E-state index contributed by atoms with van der Waals surface area (Å²) in [5.74, 6) is -1.51. The molecule has 0 radical (unpaired) electrons. The molecule has 0 saturated heterocycles. The molecule has 0 amide bonds. The number of halogens is 2. The predicted octanol–water partition coefficient (Wildman–Crippen LogP) is 2.35. The molecule has 0 bridgehead atoms. The molecule has 0 aromatic heterocycles. The van der Waals surface area contributed by atoms with Gasteiger partial charge in [-0.15, -0.1) is 0 Å². The molecule has 0 spiro atoms. The van der Waals surface area contributed by atoms with Gasteiger partial charge in [0.1, 0.15) is 0 Å². The van der Waals surface area contributed by atoms with Crippen LogP contribution < -0.4 is 5.32 Å². The maximum atomic E-state index is 12.9. The van der Waals surface area contributed by atoms with Crippen LogP contribution in [0.5, 0.6) is 0 Å². The van der Waals surface area contributed by atoms with E-state index < -0.39 is 5.92 Å². The molecular formula is C10H16F2N2. The summed E-state index contributed by atoms with van der Waals surface area (Å²) in [6.45, 7) is 0.853. The molecule has 2 nitrogen and oxygen atoms in total. The Morgan fingerprint density at radius 1 is 1.36 bits per heavy atom. The molecule has 0 aromatic carbocycles. The standard InChI is InChI=1S/C10H16F2N2/c11-10(12)5-4-8(7-10)14-9-3-1-2-6-13-9/h8H,1-7H2,(H,13,14). The van der Waals surface area contributed by atoms with Gasteiger partial charge in [0, 0.05) is 31.8 Å². The lowest BCUT2D eigenvalue weighted by Gasteiger charge is -2.18. The molecule has 1 aliphatic heterocycles. The number of aliphatic imine (C=N–C) groups is 1. The lowest BCUT2D eigenvalue weighted by Crippen LogP contribution is -2.35. The van der Waals surface area contributed by atoms with E-state index in [4.69, 9.17) is 0 Å². The topological polar surface area (TPSA) is 24.4 Å². The highest BCUT2D eigenvalue weighted by molar-refractivity contribution is 5.82. The van der Waals surface area contributed by atoms with Crippen LogP contribution in [0.15, 0.2) is 4.99 Å². The fourth-order valence-electron chi connectivity index (χ4n) is 2.12. The largest absolute Gasteiger partial charge is 0.371 e. The zero-order valence-corrected chi connectivity index (χ0v) is 8.23. The smallest absolute Gasteiger partial charge is 0.250 e. The van der Waals surface area contributed by atoms with Gasteiger partial charge in [-0.3, -0.25) is 4.99 Å². The molecule has 0 aromatic rings. The maximum Gasteiger partial charge on any atom is 0.250 e. The lowest BCUT2D eigenvalue weighted by atomic mass is 10.1. The van der Waals surface area contributed by atoms with Crippen LogP contribution in [0.4, 0.5) is 8.78 Å². The van der Waals surface area contributed by atoms with Gasteiger partial charge in [0.05, 0.1) is 5.84 Å². The van der Waals surface area contributed by atoms with Crippen molar-refractivity contribution in [1.29, 1.82) is 0 Å². The Kier molecular flexibility index (Phi) is 2.70. The first kappa shape index (κ1) is 9.87. The normalized spacial score (nSPS) is 31.3. The van der Waals surface area contributed by atoms with Gasteiger partial charge in [0.25, 0.3) is 0 Å². The first-order valence-corrected chi connectivity index (χ1v) is 5.33. The Balaban J connectivity index is 1.84. The highest BCUT2D eigenvalue weighted by Crippen LogP contribution is 2.34. The van der Waals surface area contributed by atoms with Gasteiger partial charge in [-0.25, -0.2) is 8.78 Å². The van der Waals surface area contributed by atoms with E-state index in [1.54, 1.807) is 0 Å². The summed E-state index contributed by atoms with van der Waals surface area (Å²) in [6.07, 6.45) is 3.78. The van der Waals surface area contributed by atoms with Crippen LogP contribution in [0, 0.1) is 0 Å². The quantitative estimate of drug-likeness (QED) is 0.693. The second-order valence-electron chi connectivity index (χ2n) is 4.23. The molecule has 80 valence electrons. The van der Waals surface area contributed by atoms with E-state index in [1.807, 2.05) is 0 Å². The molecule has 14 heavy (non-hydrogen) atoms. The van der Waals surface area contributed by atoms with Gasteiger partial charge in [0.2, 0.25) is 5.92 Å². The van der Waals surface area contributed by atoms with E-state index in [0.717, 1.165) is 31.6 Å². The van der Waals surface area contributed by atoms with E-state index in [9.17, 15) is 8.78 Å². The molecule has 1 aliphatic carbocycles. The third-order valence-corrected chi connectivity index (χ3v) is 2.90. The zero-order chi connectivity index (χ0) is 10.0. The molecule has 2 rings (SSSR count). The molecular weight excluding hydrogens is 186 g/mol. The van der Waals surface area contributed by atoms with Crippen molar-refractivity contribution < 1.29 is 8.78 Å². The van der Waals surface area contributed by atoms with E-state index >= 15 is 0 Å². The number of hydrogen-bond donors (Lipinski definition) is 1. The van der Waals surface area contributed by atoms with Gasteiger partial charge < -0.3 is 5.32 Å². The minimum absolute atomic E-state index is 0.0218. The number of nitrogens with one attached hydrogen (secondary N) is 1. The average molecular weight is 202 g/mol. The average Bonchev–Trinajstić information content (AvgIpc) is 2.47. The van der Waals surface area contributed by atoms with Gasteiger partial charge in [-0.2, -0.15) is 0 Å². The van der Waals surface area contributed by atoms with Crippen LogP contribution in [0.3, 0.4) is 0 Å². The summed E-state index contributed by atoms with van der Waals surface area (Å²) < 4.78 is 25.7. The van der Waals surface area contributed by atoms with E-state index in [-0.39, 0.29) is 18.9 Å². The second-order valence-corrected chi connectivity index (χ2v) is 4.23. The summed E-state index contributed by atoms with van der Waals surface area (Å²) in [6, 6.07) is -0.0538. The number of rotatable bonds is 1. The van der Waals surface area contributed by atoms with Crippen molar-refractivity contribution in [3.8, 4) is 0 Å². The van der Waals surface area contributed by atoms with Gasteiger partial charge in [-0.1, -0.05) is 0 Å². The van der Waals surface area contributed by atoms with Crippen molar-refractivity contribution in [2.45, 2.75) is 50.5 Å². The molecule has 1 saturated carbocycles. The highest BCUT2D eigenvalue weighted by atomic mass is 19.3. The minimum Gasteiger partial charge on any atom is -0.371 e. The van der Waals surface area contributed by atoms with Crippen molar-refractivity contribution in [1.82, 2.24) is 5.32 Å². The van der Waals surface area contributed by atoms with E-state index in [0.29, 0.717) is 6.42 Å². The third-order valence-electron chi connectivity index (χ3n) is 2.90. The Labute approximate surface area is 82.8 Å². The van der Waals surface area contributed by atoms with Crippen molar-refractivity contribution in [3.05, 3.63) is 0 Å². The fourth-order valence-corrected chi connectivity index (χ4v) is 2.12. The Morgan fingerprint density at radius 3 is 2.79 bits per heavy atom. The van der Waals surface area contributed by atoms with E-state index in [2.05, 4.69) is 10.3 Å². The van der Waals surface area contributed by atoms with Crippen molar-refractivity contribution >= 4 is 5.84 Å². The Bertz CT molecular complexity index is 238. The Hall–Kier alpha value is -0.670. The molecule has 1 unspecified atom stereocenters. The fraction of sp³-hybridized carbons (Fsp3) is 0.900. The summed E-state index contributed by atoms with van der Waals surface area (Å²) in [5.41, 5.74) is 0. The molecule has 1 N–H and O–H groups in total. The number of amidine groups is 1. The molecule has 4 heteroatoms. The molecule has 1 atom stereocenters. The van der Waals surface area contributed by atoms with Crippen LogP contribution in [0.2, 0.25) is 0 Å². The molecule has 2 aliphatic rings. The van der Waals surface area contributed by atoms with Crippen LogP contribution in [0.1, 0.15) is 38.5 Å². The first-order chi connectivity index (χ1) is 6.66.